The van der Waals surface area contributed by atoms with Gasteiger partial charge in [0.05, 0.1) is 0 Å². The first-order valence-electron chi connectivity index (χ1n) is 5.86. The topological polar surface area (TPSA) is 6.48 Å². The van der Waals surface area contributed by atoms with Crippen LogP contribution in [-0.2, 0) is 0 Å². The molecule has 1 aromatic carbocycles. The van der Waals surface area contributed by atoms with Crippen LogP contribution >= 0.6 is 11.6 Å². The van der Waals surface area contributed by atoms with Crippen molar-refractivity contribution in [1.82, 2.24) is 4.90 Å². The molecule has 0 aliphatic carbocycles. The molecule has 3 heteroatoms. The largest absolute Gasteiger partial charge is 0.370 e. The number of benzene rings is 1. The zero-order chi connectivity index (χ0) is 11.5. The third-order valence-electron chi connectivity index (χ3n) is 3.23. The Bertz CT molecular complexity index is 365. The van der Waals surface area contributed by atoms with Gasteiger partial charge < -0.3 is 9.80 Å². The van der Waals surface area contributed by atoms with Gasteiger partial charge in [0.25, 0.3) is 0 Å². The van der Waals surface area contributed by atoms with Gasteiger partial charge in [0, 0.05) is 30.3 Å². The smallest absolute Gasteiger partial charge is 0.0436 e. The van der Waals surface area contributed by atoms with Crippen LogP contribution in [0.1, 0.15) is 12.0 Å². The third-order valence-corrected chi connectivity index (χ3v) is 3.65. The van der Waals surface area contributed by atoms with Gasteiger partial charge >= 0.3 is 0 Å². The fourth-order valence-corrected chi connectivity index (χ4v) is 2.25. The van der Waals surface area contributed by atoms with Crippen LogP contribution in [0.4, 0.5) is 5.69 Å². The zero-order valence-electron chi connectivity index (χ0n) is 10.0. The van der Waals surface area contributed by atoms with E-state index >= 15 is 0 Å². The van der Waals surface area contributed by atoms with Crippen LogP contribution in [0.5, 0.6) is 0 Å². The summed E-state index contributed by atoms with van der Waals surface area (Å²) in [7, 11) is 2.19. The first-order chi connectivity index (χ1) is 7.66. The minimum atomic E-state index is 0.857. The Morgan fingerprint density at radius 2 is 1.94 bits per heavy atom. The molecule has 1 aliphatic heterocycles. The van der Waals surface area contributed by atoms with Crippen molar-refractivity contribution in [3.63, 3.8) is 0 Å². The highest BCUT2D eigenvalue weighted by molar-refractivity contribution is 6.31. The number of hydrogen-bond donors (Lipinski definition) is 0. The number of hydrogen-bond acceptors (Lipinski definition) is 2. The summed E-state index contributed by atoms with van der Waals surface area (Å²) in [6.07, 6.45) is 1.23. The molecule has 0 spiro atoms. The predicted molar refractivity (Wildman–Crippen MR) is 70.5 cm³/mol. The van der Waals surface area contributed by atoms with E-state index in [0.717, 1.165) is 30.2 Å². The van der Waals surface area contributed by atoms with Crippen molar-refractivity contribution < 1.29 is 0 Å². The number of likely N-dealkylation sites (N-methyl/N-ethyl adjacent to an activating group) is 1. The molecule has 0 unspecified atom stereocenters. The molecule has 1 aromatic rings. The molecule has 1 fully saturated rings. The van der Waals surface area contributed by atoms with E-state index in [0.29, 0.717) is 0 Å². The first kappa shape index (κ1) is 11.7. The van der Waals surface area contributed by atoms with Gasteiger partial charge in [0.2, 0.25) is 0 Å². The predicted octanol–water partition coefficient (Wildman–Crippen LogP) is 2.79. The Hall–Kier alpha value is -0.730. The zero-order valence-corrected chi connectivity index (χ0v) is 10.8. The van der Waals surface area contributed by atoms with E-state index in [4.69, 9.17) is 11.6 Å². The molecule has 0 atom stereocenters. The van der Waals surface area contributed by atoms with Gasteiger partial charge in [-0.25, -0.2) is 0 Å². The molecule has 1 saturated heterocycles. The molecular formula is C13H19ClN2. The molecule has 1 aliphatic rings. The lowest BCUT2D eigenvalue weighted by molar-refractivity contribution is 0.360. The number of anilines is 1. The van der Waals surface area contributed by atoms with Crippen molar-refractivity contribution in [3.05, 3.63) is 28.8 Å². The summed E-state index contributed by atoms with van der Waals surface area (Å²) in [6, 6.07) is 6.31. The molecule has 0 bridgehead atoms. The molecule has 2 nitrogen and oxygen atoms in total. The van der Waals surface area contributed by atoms with E-state index in [-0.39, 0.29) is 0 Å². The Morgan fingerprint density at radius 3 is 2.69 bits per heavy atom. The van der Waals surface area contributed by atoms with Gasteiger partial charge in [-0.3, -0.25) is 0 Å². The molecule has 0 aromatic heterocycles. The highest BCUT2D eigenvalue weighted by Gasteiger charge is 2.12. The van der Waals surface area contributed by atoms with Crippen molar-refractivity contribution in [3.8, 4) is 0 Å². The van der Waals surface area contributed by atoms with E-state index < -0.39 is 0 Å². The van der Waals surface area contributed by atoms with Gasteiger partial charge in [-0.1, -0.05) is 11.6 Å². The van der Waals surface area contributed by atoms with Crippen LogP contribution in [0, 0.1) is 6.92 Å². The highest BCUT2D eigenvalue weighted by Crippen LogP contribution is 2.23. The Kier molecular flexibility index (Phi) is 3.72. The third kappa shape index (κ3) is 2.69. The molecule has 16 heavy (non-hydrogen) atoms. The Morgan fingerprint density at radius 1 is 1.12 bits per heavy atom. The van der Waals surface area contributed by atoms with Gasteiger partial charge in [-0.05, 0) is 50.7 Å². The monoisotopic (exact) mass is 238 g/mol. The Balaban J connectivity index is 2.13. The lowest BCUT2D eigenvalue weighted by atomic mass is 10.2. The summed E-state index contributed by atoms with van der Waals surface area (Å²) in [5, 5.41) is 0.857. The number of rotatable bonds is 1. The molecule has 0 amide bonds. The van der Waals surface area contributed by atoms with Crippen molar-refractivity contribution >= 4 is 17.3 Å². The van der Waals surface area contributed by atoms with Crippen molar-refractivity contribution in [2.45, 2.75) is 13.3 Å². The number of nitrogens with zero attached hydrogens (tertiary/aromatic N) is 2. The molecule has 2 rings (SSSR count). The van der Waals surface area contributed by atoms with Crippen molar-refractivity contribution in [1.29, 1.82) is 0 Å². The minimum absolute atomic E-state index is 0.857. The standard InChI is InChI=1S/C13H19ClN2/c1-11-10-12(4-5-13(11)14)16-7-3-6-15(2)8-9-16/h4-5,10H,3,6-9H2,1-2H3. The summed E-state index contributed by atoms with van der Waals surface area (Å²) in [4.78, 5) is 4.84. The van der Waals surface area contributed by atoms with E-state index in [1.807, 2.05) is 6.07 Å². The van der Waals surface area contributed by atoms with Crippen LogP contribution < -0.4 is 4.90 Å². The molecule has 1 heterocycles. The minimum Gasteiger partial charge on any atom is -0.370 e. The van der Waals surface area contributed by atoms with Crippen LogP contribution in [0.3, 0.4) is 0 Å². The van der Waals surface area contributed by atoms with E-state index in [1.54, 1.807) is 0 Å². The highest BCUT2D eigenvalue weighted by atomic mass is 35.5. The van der Waals surface area contributed by atoms with Crippen LogP contribution in [-0.4, -0.2) is 38.1 Å². The van der Waals surface area contributed by atoms with Gasteiger partial charge in [0.1, 0.15) is 0 Å². The van der Waals surface area contributed by atoms with E-state index in [2.05, 4.69) is 35.9 Å². The SMILES string of the molecule is Cc1cc(N2CCCN(C)CC2)ccc1Cl. The van der Waals surface area contributed by atoms with Crippen molar-refractivity contribution in [2.75, 3.05) is 38.1 Å². The number of aryl methyl sites for hydroxylation is 1. The van der Waals surface area contributed by atoms with Crippen molar-refractivity contribution in [2.24, 2.45) is 0 Å². The summed E-state index contributed by atoms with van der Waals surface area (Å²) in [5.41, 5.74) is 2.47. The van der Waals surface area contributed by atoms with Crippen LogP contribution in [0.2, 0.25) is 5.02 Å². The fourth-order valence-electron chi connectivity index (χ4n) is 2.13. The lowest BCUT2D eigenvalue weighted by Crippen LogP contribution is -2.28. The summed E-state index contributed by atoms with van der Waals surface area (Å²) < 4.78 is 0. The van der Waals surface area contributed by atoms with E-state index in [9.17, 15) is 0 Å². The molecule has 88 valence electrons. The van der Waals surface area contributed by atoms with Gasteiger partial charge in [0.15, 0.2) is 0 Å². The first-order valence-corrected chi connectivity index (χ1v) is 6.24. The molecular weight excluding hydrogens is 220 g/mol. The van der Waals surface area contributed by atoms with Crippen LogP contribution in [0.25, 0.3) is 0 Å². The summed E-state index contributed by atoms with van der Waals surface area (Å²) in [5.74, 6) is 0. The lowest BCUT2D eigenvalue weighted by Gasteiger charge is -2.23. The van der Waals surface area contributed by atoms with Gasteiger partial charge in [-0.15, -0.1) is 0 Å². The normalized spacial score (nSPS) is 18.6. The average molecular weight is 239 g/mol. The van der Waals surface area contributed by atoms with Gasteiger partial charge in [-0.2, -0.15) is 0 Å². The van der Waals surface area contributed by atoms with E-state index in [1.165, 1.54) is 18.7 Å². The average Bonchev–Trinajstić information content (AvgIpc) is 2.47. The quantitative estimate of drug-likeness (QED) is 0.743. The summed E-state index contributed by atoms with van der Waals surface area (Å²) in [6.45, 7) is 6.66. The second kappa shape index (κ2) is 5.07. The number of halogens is 1. The maximum Gasteiger partial charge on any atom is 0.0436 e. The fraction of sp³-hybridized carbons (Fsp3) is 0.538. The second-order valence-electron chi connectivity index (χ2n) is 4.58. The Labute approximate surface area is 103 Å². The summed E-state index contributed by atoms with van der Waals surface area (Å²) >= 11 is 6.05. The molecule has 0 saturated carbocycles. The molecule has 0 radical (unpaired) electrons. The maximum absolute atomic E-state index is 6.05. The second-order valence-corrected chi connectivity index (χ2v) is 4.98. The van der Waals surface area contributed by atoms with Crippen LogP contribution in [0.15, 0.2) is 18.2 Å². The maximum atomic E-state index is 6.05. The molecule has 0 N–H and O–H groups in total.